The molecule has 0 amide bonds. The molecule has 132 valence electrons. The van der Waals surface area contributed by atoms with Gasteiger partial charge in [-0.15, -0.1) is 12.6 Å². The fourth-order valence-corrected chi connectivity index (χ4v) is 2.93. The Morgan fingerprint density at radius 2 is 1.54 bits per heavy atom. The molecule has 0 aliphatic heterocycles. The van der Waals surface area contributed by atoms with E-state index in [2.05, 4.69) is 12.6 Å². The topological polar surface area (TPSA) is 69.4 Å². The molecule has 26 heavy (non-hydrogen) atoms. The lowest BCUT2D eigenvalue weighted by molar-refractivity contribution is -0.153. The molecule has 0 saturated heterocycles. The van der Waals surface area contributed by atoms with Gasteiger partial charge in [-0.1, -0.05) is 72.8 Å². The summed E-state index contributed by atoms with van der Waals surface area (Å²) < 4.78 is 5.28. The van der Waals surface area contributed by atoms with Crippen LogP contribution < -0.4 is 5.73 Å². The van der Waals surface area contributed by atoms with Crippen molar-refractivity contribution in [2.75, 3.05) is 0 Å². The quantitative estimate of drug-likeness (QED) is 0.400. The fraction of sp³-hybridized carbons (Fsp3) is 0.143. The Morgan fingerprint density at radius 1 is 0.885 bits per heavy atom. The summed E-state index contributed by atoms with van der Waals surface area (Å²) in [5, 5.41) is 1.36. The molecule has 0 bridgehead atoms. The zero-order valence-corrected chi connectivity index (χ0v) is 15.0. The highest BCUT2D eigenvalue weighted by Crippen LogP contribution is 2.21. The summed E-state index contributed by atoms with van der Waals surface area (Å²) in [6, 6.07) is 22.8. The minimum Gasteiger partial charge on any atom is -0.459 e. The molecule has 0 fully saturated rings. The molecule has 0 heterocycles. The molecule has 3 rings (SSSR count). The summed E-state index contributed by atoms with van der Waals surface area (Å²) in [6.07, 6.45) is 0.0216. The second-order valence-corrected chi connectivity index (χ2v) is 6.60. The molecule has 0 aliphatic carbocycles. The van der Waals surface area contributed by atoms with Crippen LogP contribution >= 0.6 is 12.6 Å². The van der Waals surface area contributed by atoms with Crippen molar-refractivity contribution in [2.24, 2.45) is 5.73 Å². The molecule has 0 spiro atoms. The average Bonchev–Trinajstić information content (AvgIpc) is 2.66. The lowest BCUT2D eigenvalue weighted by Gasteiger charge is -2.24. The lowest BCUT2D eigenvalue weighted by atomic mass is 9.92. The van der Waals surface area contributed by atoms with E-state index in [4.69, 9.17) is 10.5 Å². The Hall–Kier alpha value is -2.63. The zero-order valence-electron chi connectivity index (χ0n) is 14.1. The summed E-state index contributed by atoms with van der Waals surface area (Å²) in [6.45, 7) is 0.0530. The first kappa shape index (κ1) is 18.2. The number of thiol groups is 1. The van der Waals surface area contributed by atoms with Crippen LogP contribution in [0.15, 0.2) is 72.8 Å². The lowest BCUT2D eigenvalue weighted by Crippen LogP contribution is -2.55. The van der Waals surface area contributed by atoms with Crippen LogP contribution in [-0.4, -0.2) is 16.6 Å². The Balaban J connectivity index is 1.79. The summed E-state index contributed by atoms with van der Waals surface area (Å²) in [7, 11) is 0. The molecule has 0 radical (unpaired) electrons. The molecular formula is C21H19NO3S. The van der Waals surface area contributed by atoms with Crippen LogP contribution in [0.4, 0.5) is 0 Å². The maximum absolute atomic E-state index is 12.5. The highest BCUT2D eigenvalue weighted by Gasteiger charge is 2.42. The van der Waals surface area contributed by atoms with Crippen molar-refractivity contribution in [2.45, 2.75) is 18.6 Å². The largest absolute Gasteiger partial charge is 0.459 e. The van der Waals surface area contributed by atoms with E-state index in [1.807, 2.05) is 72.8 Å². The van der Waals surface area contributed by atoms with E-state index < -0.39 is 16.6 Å². The Labute approximate surface area is 157 Å². The molecule has 0 aliphatic rings. The van der Waals surface area contributed by atoms with Gasteiger partial charge in [-0.25, -0.2) is 4.79 Å². The van der Waals surface area contributed by atoms with E-state index in [0.29, 0.717) is 0 Å². The monoisotopic (exact) mass is 365 g/mol. The molecule has 1 unspecified atom stereocenters. The van der Waals surface area contributed by atoms with Crippen molar-refractivity contribution in [3.63, 3.8) is 0 Å². The Kier molecular flexibility index (Phi) is 5.40. The predicted molar refractivity (Wildman–Crippen MR) is 105 cm³/mol. The highest BCUT2D eigenvalue weighted by atomic mass is 32.1. The van der Waals surface area contributed by atoms with Gasteiger partial charge in [0.1, 0.15) is 6.61 Å². The van der Waals surface area contributed by atoms with E-state index >= 15 is 0 Å². The Bertz CT molecular complexity index is 942. The number of carbonyl (C=O) groups is 2. The number of esters is 1. The van der Waals surface area contributed by atoms with E-state index in [9.17, 15) is 9.59 Å². The van der Waals surface area contributed by atoms with Crippen molar-refractivity contribution >= 4 is 34.5 Å². The molecule has 2 N–H and O–H groups in total. The van der Waals surface area contributed by atoms with Gasteiger partial charge in [0.2, 0.25) is 5.12 Å². The number of rotatable bonds is 6. The summed E-state index contributed by atoms with van der Waals surface area (Å²) in [4.78, 5) is 24.6. The van der Waals surface area contributed by atoms with Gasteiger partial charge in [0.05, 0.1) is 0 Å². The van der Waals surface area contributed by atoms with Gasteiger partial charge in [-0.2, -0.15) is 0 Å². The van der Waals surface area contributed by atoms with Gasteiger partial charge in [0.25, 0.3) is 0 Å². The SMILES string of the molecule is NC(Cc1ccc2ccccc2c1)(C(=O)S)C(=O)OCc1ccccc1. The van der Waals surface area contributed by atoms with Crippen molar-refractivity contribution in [3.8, 4) is 0 Å². The predicted octanol–water partition coefficient (Wildman–Crippen LogP) is 3.28. The van der Waals surface area contributed by atoms with Crippen LogP contribution in [0.25, 0.3) is 10.8 Å². The number of nitrogens with two attached hydrogens (primary N) is 1. The molecule has 1 atom stereocenters. The van der Waals surface area contributed by atoms with Crippen molar-refractivity contribution in [1.82, 2.24) is 0 Å². The van der Waals surface area contributed by atoms with Gasteiger partial charge >= 0.3 is 5.97 Å². The molecular weight excluding hydrogens is 346 g/mol. The number of ether oxygens (including phenoxy) is 1. The Morgan fingerprint density at radius 3 is 2.23 bits per heavy atom. The van der Waals surface area contributed by atoms with E-state index in [0.717, 1.165) is 21.9 Å². The molecule has 3 aromatic carbocycles. The van der Waals surface area contributed by atoms with Gasteiger partial charge in [-0.05, 0) is 21.9 Å². The van der Waals surface area contributed by atoms with Gasteiger partial charge < -0.3 is 10.5 Å². The number of carbonyl (C=O) groups excluding carboxylic acids is 2. The van der Waals surface area contributed by atoms with Crippen LogP contribution in [0.3, 0.4) is 0 Å². The maximum atomic E-state index is 12.5. The van der Waals surface area contributed by atoms with Crippen molar-refractivity contribution in [3.05, 3.63) is 83.9 Å². The summed E-state index contributed by atoms with van der Waals surface area (Å²) in [5.74, 6) is -0.783. The second-order valence-electron chi connectivity index (χ2n) is 6.20. The first-order valence-corrected chi connectivity index (χ1v) is 8.65. The van der Waals surface area contributed by atoms with Crippen LogP contribution in [0, 0.1) is 0 Å². The molecule has 5 heteroatoms. The maximum Gasteiger partial charge on any atom is 0.335 e. The summed E-state index contributed by atoms with van der Waals surface area (Å²) >= 11 is 3.84. The third-order valence-corrected chi connectivity index (χ3v) is 4.65. The smallest absolute Gasteiger partial charge is 0.335 e. The van der Waals surface area contributed by atoms with Gasteiger partial charge in [0.15, 0.2) is 5.54 Å². The van der Waals surface area contributed by atoms with Gasteiger partial charge in [-0.3, -0.25) is 4.79 Å². The average molecular weight is 365 g/mol. The zero-order chi connectivity index (χ0) is 18.6. The number of hydrogen-bond donors (Lipinski definition) is 2. The van der Waals surface area contributed by atoms with Crippen LogP contribution in [0.5, 0.6) is 0 Å². The van der Waals surface area contributed by atoms with Gasteiger partial charge in [0, 0.05) is 6.42 Å². The molecule has 0 aromatic heterocycles. The first-order valence-electron chi connectivity index (χ1n) is 8.20. The molecule has 4 nitrogen and oxygen atoms in total. The normalized spacial score (nSPS) is 13.2. The number of fused-ring (bicyclic) bond motifs is 1. The fourth-order valence-electron chi connectivity index (χ4n) is 2.76. The van der Waals surface area contributed by atoms with Crippen LogP contribution in [-0.2, 0) is 27.4 Å². The minimum absolute atomic E-state index is 0.0216. The summed E-state index contributed by atoms with van der Waals surface area (Å²) in [5.41, 5.74) is 5.88. The number of hydrogen-bond acceptors (Lipinski definition) is 4. The third-order valence-electron chi connectivity index (χ3n) is 4.26. The van der Waals surface area contributed by atoms with E-state index in [1.54, 1.807) is 0 Å². The van der Waals surface area contributed by atoms with E-state index in [1.165, 1.54) is 0 Å². The first-order chi connectivity index (χ1) is 12.5. The second kappa shape index (κ2) is 7.72. The van der Waals surface area contributed by atoms with Crippen LogP contribution in [0.2, 0.25) is 0 Å². The van der Waals surface area contributed by atoms with Crippen molar-refractivity contribution < 1.29 is 14.3 Å². The van der Waals surface area contributed by atoms with Crippen molar-refractivity contribution in [1.29, 1.82) is 0 Å². The molecule has 3 aromatic rings. The molecule has 0 saturated carbocycles. The third kappa shape index (κ3) is 3.95. The minimum atomic E-state index is -1.83. The standard InChI is InChI=1S/C21H19NO3S/c22-21(20(24)26,19(23)25-14-15-6-2-1-3-7-15)13-16-10-11-17-8-4-5-9-18(17)12-16/h1-12H,13-14,22H2,(H,24,26). The van der Waals surface area contributed by atoms with Crippen LogP contribution in [0.1, 0.15) is 11.1 Å². The van der Waals surface area contributed by atoms with E-state index in [-0.39, 0.29) is 13.0 Å². The number of benzene rings is 3. The highest BCUT2D eigenvalue weighted by molar-refractivity contribution is 7.97.